The fraction of sp³-hybridized carbons (Fsp3) is 0.708. The number of nitrogens with zero attached hydrogens (tertiary/aromatic N) is 1. The van der Waals surface area contributed by atoms with Crippen LogP contribution < -0.4 is 0 Å². The van der Waals surface area contributed by atoms with Crippen LogP contribution in [-0.2, 0) is 15.8 Å². The zero-order chi connectivity index (χ0) is 20.8. The Morgan fingerprint density at radius 1 is 1.11 bits per heavy atom. The molecule has 1 atom stereocenters. The van der Waals surface area contributed by atoms with Crippen molar-refractivity contribution in [3.63, 3.8) is 0 Å². The molecule has 1 aliphatic rings. The first-order valence-corrected chi connectivity index (χ1v) is 14.1. The number of rotatable bonds is 8. The maximum Gasteiger partial charge on any atom is 0.230 e. The molecule has 1 unspecified atom stereocenters. The Balaban J connectivity index is 2.07. The zero-order valence-corrected chi connectivity index (χ0v) is 20.0. The summed E-state index contributed by atoms with van der Waals surface area (Å²) < 4.78 is 6.35. The van der Waals surface area contributed by atoms with Crippen molar-refractivity contribution in [2.75, 3.05) is 13.1 Å². The lowest BCUT2D eigenvalue weighted by molar-refractivity contribution is -0.133. The lowest BCUT2D eigenvalue weighted by Gasteiger charge is -2.36. The van der Waals surface area contributed by atoms with Crippen molar-refractivity contribution in [3.8, 4) is 0 Å². The number of unbranched alkanes of at least 4 members (excludes halogenated alkanes) is 1. The molecule has 0 radical (unpaired) electrons. The molecule has 2 rings (SSSR count). The van der Waals surface area contributed by atoms with Gasteiger partial charge in [-0.15, -0.1) is 0 Å². The summed E-state index contributed by atoms with van der Waals surface area (Å²) in [5.74, 6) is 0.340. The second-order valence-electron chi connectivity index (χ2n) is 9.87. The van der Waals surface area contributed by atoms with E-state index in [1.54, 1.807) is 0 Å². The van der Waals surface area contributed by atoms with Gasteiger partial charge in [0.25, 0.3) is 0 Å². The first-order chi connectivity index (χ1) is 13.2. The van der Waals surface area contributed by atoms with Crippen LogP contribution in [0.25, 0.3) is 0 Å². The van der Waals surface area contributed by atoms with Gasteiger partial charge in [0.1, 0.15) is 0 Å². The standard InChI is InChI=1S/C24H41NO2Si/c1-7-8-12-22(23(26)25-17-10-9-11-18-25)21-15-13-20(14-16-21)19-27-28(5,6)24(2,3)4/h13-16,22H,7-12,17-19H2,1-6H3. The number of carbonyl (C=O) groups is 1. The minimum Gasteiger partial charge on any atom is -0.413 e. The maximum absolute atomic E-state index is 13.2. The lowest BCUT2D eigenvalue weighted by Crippen LogP contribution is -2.40. The normalized spacial score (nSPS) is 16.9. The minimum atomic E-state index is -1.74. The van der Waals surface area contributed by atoms with Gasteiger partial charge < -0.3 is 9.33 Å². The number of piperidine rings is 1. The van der Waals surface area contributed by atoms with E-state index in [9.17, 15) is 4.79 Å². The molecular formula is C24H41NO2Si. The molecule has 0 aromatic heterocycles. The van der Waals surface area contributed by atoms with E-state index >= 15 is 0 Å². The van der Waals surface area contributed by atoms with Crippen molar-refractivity contribution in [2.24, 2.45) is 0 Å². The Labute approximate surface area is 174 Å². The second-order valence-corrected chi connectivity index (χ2v) is 14.7. The Morgan fingerprint density at radius 3 is 2.25 bits per heavy atom. The number of benzene rings is 1. The molecule has 3 nitrogen and oxygen atoms in total. The molecular weight excluding hydrogens is 362 g/mol. The number of amides is 1. The minimum absolute atomic E-state index is 0.00779. The van der Waals surface area contributed by atoms with Crippen LogP contribution in [0.2, 0.25) is 18.1 Å². The van der Waals surface area contributed by atoms with E-state index in [-0.39, 0.29) is 11.0 Å². The highest BCUT2D eigenvalue weighted by molar-refractivity contribution is 6.74. The summed E-state index contributed by atoms with van der Waals surface area (Å²) in [6.07, 6.45) is 6.73. The Hall–Kier alpha value is -1.13. The van der Waals surface area contributed by atoms with Gasteiger partial charge in [-0.1, -0.05) is 64.8 Å². The van der Waals surface area contributed by atoms with Gasteiger partial charge in [-0.25, -0.2) is 0 Å². The molecule has 0 aliphatic carbocycles. The number of carbonyl (C=O) groups excluding carboxylic acids is 1. The number of hydrogen-bond donors (Lipinski definition) is 0. The van der Waals surface area contributed by atoms with Crippen LogP contribution in [0.1, 0.15) is 83.3 Å². The summed E-state index contributed by atoms with van der Waals surface area (Å²) in [6, 6.07) is 8.63. The molecule has 1 saturated heterocycles. The molecule has 1 aliphatic heterocycles. The first kappa shape index (κ1) is 23.1. The van der Waals surface area contributed by atoms with Crippen molar-refractivity contribution >= 4 is 14.2 Å². The molecule has 1 aromatic carbocycles. The molecule has 1 aromatic rings. The van der Waals surface area contributed by atoms with Crippen LogP contribution in [-0.4, -0.2) is 32.2 Å². The molecule has 0 bridgehead atoms. The molecule has 0 spiro atoms. The van der Waals surface area contributed by atoms with Gasteiger partial charge >= 0.3 is 0 Å². The first-order valence-electron chi connectivity index (χ1n) is 11.2. The van der Waals surface area contributed by atoms with Crippen molar-refractivity contribution < 1.29 is 9.22 Å². The van der Waals surface area contributed by atoms with E-state index < -0.39 is 8.32 Å². The average Bonchev–Trinajstić information content (AvgIpc) is 2.67. The Bertz CT molecular complexity index is 612. The highest BCUT2D eigenvalue weighted by Crippen LogP contribution is 2.37. The van der Waals surface area contributed by atoms with Crippen molar-refractivity contribution in [1.29, 1.82) is 0 Å². The molecule has 1 amide bonds. The fourth-order valence-corrected chi connectivity index (χ4v) is 4.46. The van der Waals surface area contributed by atoms with Gasteiger partial charge in [0, 0.05) is 13.1 Å². The monoisotopic (exact) mass is 403 g/mol. The second kappa shape index (κ2) is 10.1. The van der Waals surface area contributed by atoms with Crippen LogP contribution >= 0.6 is 0 Å². The summed E-state index contributed by atoms with van der Waals surface area (Å²) >= 11 is 0. The van der Waals surface area contributed by atoms with E-state index in [0.29, 0.717) is 12.5 Å². The summed E-state index contributed by atoms with van der Waals surface area (Å²) in [7, 11) is -1.74. The predicted octanol–water partition coefficient (Wildman–Crippen LogP) is 6.49. The molecule has 1 fully saturated rings. The van der Waals surface area contributed by atoms with E-state index in [0.717, 1.165) is 45.2 Å². The topological polar surface area (TPSA) is 29.5 Å². The molecule has 0 N–H and O–H groups in total. The van der Waals surface area contributed by atoms with E-state index in [1.165, 1.54) is 17.5 Å². The number of likely N-dealkylation sites (tertiary alicyclic amines) is 1. The van der Waals surface area contributed by atoms with E-state index in [1.807, 2.05) is 0 Å². The fourth-order valence-electron chi connectivity index (χ4n) is 3.50. The van der Waals surface area contributed by atoms with Gasteiger partial charge in [0.05, 0.1) is 12.5 Å². The van der Waals surface area contributed by atoms with Gasteiger partial charge in [0.2, 0.25) is 5.91 Å². The largest absolute Gasteiger partial charge is 0.413 e. The van der Waals surface area contributed by atoms with E-state index in [4.69, 9.17) is 4.43 Å². The van der Waals surface area contributed by atoms with Crippen LogP contribution in [0, 0.1) is 0 Å². The van der Waals surface area contributed by atoms with Crippen LogP contribution in [0.3, 0.4) is 0 Å². The van der Waals surface area contributed by atoms with Gasteiger partial charge in [-0.2, -0.15) is 0 Å². The van der Waals surface area contributed by atoms with Crippen molar-refractivity contribution in [2.45, 2.75) is 96.9 Å². The number of hydrogen-bond acceptors (Lipinski definition) is 2. The molecule has 1 heterocycles. The third-order valence-corrected chi connectivity index (χ3v) is 11.1. The van der Waals surface area contributed by atoms with Gasteiger partial charge in [-0.3, -0.25) is 4.79 Å². The average molecular weight is 404 g/mol. The summed E-state index contributed by atoms with van der Waals surface area (Å²) in [5, 5.41) is 0.221. The molecule has 4 heteroatoms. The van der Waals surface area contributed by atoms with Crippen LogP contribution in [0.15, 0.2) is 24.3 Å². The highest BCUT2D eigenvalue weighted by atomic mass is 28.4. The third-order valence-electron chi connectivity index (χ3n) is 6.60. The molecule has 28 heavy (non-hydrogen) atoms. The smallest absolute Gasteiger partial charge is 0.230 e. The zero-order valence-electron chi connectivity index (χ0n) is 19.0. The van der Waals surface area contributed by atoms with Crippen molar-refractivity contribution in [1.82, 2.24) is 4.90 Å². The van der Waals surface area contributed by atoms with Crippen LogP contribution in [0.5, 0.6) is 0 Å². The Kier molecular flexibility index (Phi) is 8.32. The quantitative estimate of drug-likeness (QED) is 0.464. The van der Waals surface area contributed by atoms with Gasteiger partial charge in [-0.05, 0) is 54.9 Å². The maximum atomic E-state index is 13.2. The highest BCUT2D eigenvalue weighted by Gasteiger charge is 2.37. The predicted molar refractivity (Wildman–Crippen MR) is 121 cm³/mol. The summed E-state index contributed by atoms with van der Waals surface area (Å²) in [5.41, 5.74) is 2.37. The summed E-state index contributed by atoms with van der Waals surface area (Å²) in [6.45, 7) is 16.1. The van der Waals surface area contributed by atoms with E-state index in [2.05, 4.69) is 70.0 Å². The Morgan fingerprint density at radius 2 is 1.71 bits per heavy atom. The third kappa shape index (κ3) is 6.18. The van der Waals surface area contributed by atoms with Crippen LogP contribution in [0.4, 0.5) is 0 Å². The SMILES string of the molecule is CCCCC(C(=O)N1CCCCC1)c1ccc(CO[Si](C)(C)C(C)(C)C)cc1. The van der Waals surface area contributed by atoms with Gasteiger partial charge in [0.15, 0.2) is 8.32 Å². The molecule has 158 valence electrons. The molecule has 0 saturated carbocycles. The lowest BCUT2D eigenvalue weighted by atomic mass is 9.91. The summed E-state index contributed by atoms with van der Waals surface area (Å²) in [4.78, 5) is 15.3. The van der Waals surface area contributed by atoms with Crippen molar-refractivity contribution in [3.05, 3.63) is 35.4 Å².